The zero-order valence-corrected chi connectivity index (χ0v) is 10.8. The number of aliphatic hydroxyl groups is 2. The third-order valence-corrected chi connectivity index (χ3v) is 2.87. The van der Waals surface area contributed by atoms with E-state index in [-0.39, 0.29) is 6.42 Å². The molecule has 0 aliphatic rings. The first-order valence-corrected chi connectivity index (χ1v) is 6.64. The molecular weight excluding hydrogens is 220 g/mol. The Kier molecular flexibility index (Phi) is 9.09. The number of hydrogen-bond acceptors (Lipinski definition) is 3. The van der Waals surface area contributed by atoms with Crippen molar-refractivity contribution in [1.82, 2.24) is 0 Å². The molecule has 0 unspecified atom stereocenters. The van der Waals surface area contributed by atoms with Gasteiger partial charge >= 0.3 is 5.97 Å². The largest absolute Gasteiger partial charge is 0.481 e. The molecular formula is C13H26O4. The van der Waals surface area contributed by atoms with Crippen molar-refractivity contribution in [2.45, 2.75) is 76.9 Å². The van der Waals surface area contributed by atoms with E-state index in [1.807, 2.05) is 6.92 Å². The first-order chi connectivity index (χ1) is 7.98. The second-order valence-corrected chi connectivity index (χ2v) is 4.75. The smallest absolute Gasteiger partial charge is 0.303 e. The van der Waals surface area contributed by atoms with E-state index in [2.05, 4.69) is 0 Å². The topological polar surface area (TPSA) is 77.8 Å². The van der Waals surface area contributed by atoms with Crippen LogP contribution >= 0.6 is 0 Å². The van der Waals surface area contributed by atoms with Crippen LogP contribution in [0.2, 0.25) is 0 Å². The minimum atomic E-state index is -1.49. The van der Waals surface area contributed by atoms with Crippen LogP contribution in [0, 0.1) is 0 Å². The highest BCUT2D eigenvalue weighted by Crippen LogP contribution is 2.18. The lowest BCUT2D eigenvalue weighted by Gasteiger charge is -2.20. The molecule has 0 bridgehead atoms. The lowest BCUT2D eigenvalue weighted by Crippen LogP contribution is -2.27. The molecule has 0 aromatic rings. The second kappa shape index (κ2) is 9.42. The minimum absolute atomic E-state index is 0.257. The number of carboxylic acid groups (broad SMARTS) is 1. The van der Waals surface area contributed by atoms with Crippen LogP contribution in [-0.4, -0.2) is 27.1 Å². The van der Waals surface area contributed by atoms with E-state index in [0.717, 1.165) is 44.9 Å². The molecule has 0 radical (unpaired) electrons. The van der Waals surface area contributed by atoms with Crippen LogP contribution in [0.1, 0.15) is 71.1 Å². The maximum Gasteiger partial charge on any atom is 0.303 e. The molecule has 0 amide bonds. The Labute approximate surface area is 104 Å². The van der Waals surface area contributed by atoms with Crippen LogP contribution in [0.3, 0.4) is 0 Å². The summed E-state index contributed by atoms with van der Waals surface area (Å²) in [5.74, 6) is -2.21. The summed E-state index contributed by atoms with van der Waals surface area (Å²) in [5, 5.41) is 27.5. The molecule has 0 aromatic heterocycles. The molecule has 102 valence electrons. The average molecular weight is 246 g/mol. The molecule has 0 aromatic carbocycles. The Hall–Kier alpha value is -0.610. The molecule has 0 heterocycles. The molecule has 0 fully saturated rings. The van der Waals surface area contributed by atoms with Crippen molar-refractivity contribution in [3.63, 3.8) is 0 Å². The van der Waals surface area contributed by atoms with Gasteiger partial charge in [-0.1, -0.05) is 39.0 Å². The number of aliphatic carboxylic acids is 1. The van der Waals surface area contributed by atoms with Crippen LogP contribution in [0.5, 0.6) is 0 Å². The Morgan fingerprint density at radius 3 is 2.00 bits per heavy atom. The minimum Gasteiger partial charge on any atom is -0.481 e. The molecule has 0 atom stereocenters. The van der Waals surface area contributed by atoms with Crippen molar-refractivity contribution >= 4 is 5.97 Å². The van der Waals surface area contributed by atoms with Crippen LogP contribution in [0.4, 0.5) is 0 Å². The molecule has 4 nitrogen and oxygen atoms in total. The summed E-state index contributed by atoms with van der Waals surface area (Å²) in [6.07, 6.45) is 7.49. The van der Waals surface area contributed by atoms with Gasteiger partial charge in [-0.25, -0.2) is 0 Å². The zero-order valence-electron chi connectivity index (χ0n) is 10.8. The fourth-order valence-electron chi connectivity index (χ4n) is 1.92. The van der Waals surface area contributed by atoms with Gasteiger partial charge in [0.2, 0.25) is 0 Å². The summed E-state index contributed by atoms with van der Waals surface area (Å²) in [7, 11) is 0. The maximum atomic E-state index is 10.3. The first kappa shape index (κ1) is 16.4. The molecule has 0 spiro atoms. The fourth-order valence-corrected chi connectivity index (χ4v) is 1.92. The highest BCUT2D eigenvalue weighted by Gasteiger charge is 2.20. The molecule has 0 rings (SSSR count). The maximum absolute atomic E-state index is 10.3. The number of carboxylic acids is 1. The van der Waals surface area contributed by atoms with Gasteiger partial charge in [-0.2, -0.15) is 0 Å². The van der Waals surface area contributed by atoms with Crippen LogP contribution < -0.4 is 0 Å². The van der Waals surface area contributed by atoms with Crippen molar-refractivity contribution in [2.75, 3.05) is 0 Å². The predicted molar refractivity (Wildman–Crippen MR) is 66.6 cm³/mol. The summed E-state index contributed by atoms with van der Waals surface area (Å²) in [5.41, 5.74) is 0. The van der Waals surface area contributed by atoms with Gasteiger partial charge in [-0.3, -0.25) is 4.79 Å². The van der Waals surface area contributed by atoms with Crippen molar-refractivity contribution in [2.24, 2.45) is 0 Å². The molecule has 3 N–H and O–H groups in total. The Morgan fingerprint density at radius 2 is 1.47 bits per heavy atom. The van der Waals surface area contributed by atoms with Gasteiger partial charge in [0.05, 0.1) is 0 Å². The van der Waals surface area contributed by atoms with E-state index >= 15 is 0 Å². The summed E-state index contributed by atoms with van der Waals surface area (Å²) in [4.78, 5) is 10.3. The lowest BCUT2D eigenvalue weighted by atomic mass is 10.0. The Morgan fingerprint density at radius 1 is 0.941 bits per heavy atom. The van der Waals surface area contributed by atoms with E-state index in [4.69, 9.17) is 5.11 Å². The quantitative estimate of drug-likeness (QED) is 0.387. The van der Waals surface area contributed by atoms with Gasteiger partial charge in [-0.05, 0) is 12.8 Å². The highest BCUT2D eigenvalue weighted by atomic mass is 16.5. The number of rotatable bonds is 11. The van der Waals surface area contributed by atoms with Crippen molar-refractivity contribution < 1.29 is 20.1 Å². The molecule has 0 saturated carbocycles. The monoisotopic (exact) mass is 246 g/mol. The van der Waals surface area contributed by atoms with Crippen molar-refractivity contribution in [3.8, 4) is 0 Å². The zero-order chi connectivity index (χ0) is 13.1. The van der Waals surface area contributed by atoms with Crippen LogP contribution in [0.25, 0.3) is 0 Å². The van der Waals surface area contributed by atoms with E-state index in [1.54, 1.807) is 0 Å². The van der Waals surface area contributed by atoms with E-state index in [1.165, 1.54) is 0 Å². The number of carbonyl (C=O) groups is 1. The van der Waals surface area contributed by atoms with Gasteiger partial charge in [-0.15, -0.1) is 0 Å². The van der Waals surface area contributed by atoms with Crippen molar-refractivity contribution in [3.05, 3.63) is 0 Å². The molecule has 4 heteroatoms. The fraction of sp³-hybridized carbons (Fsp3) is 0.923. The Bertz CT molecular complexity index is 202. The lowest BCUT2D eigenvalue weighted by molar-refractivity contribution is -0.171. The Balaban J connectivity index is 3.26. The van der Waals surface area contributed by atoms with E-state index in [9.17, 15) is 15.0 Å². The van der Waals surface area contributed by atoms with Gasteiger partial charge in [0.1, 0.15) is 0 Å². The molecule has 17 heavy (non-hydrogen) atoms. The predicted octanol–water partition coefficient (Wildman–Crippen LogP) is 2.67. The highest BCUT2D eigenvalue weighted by molar-refractivity contribution is 5.66. The normalized spacial score (nSPS) is 11.7. The van der Waals surface area contributed by atoms with Crippen LogP contribution in [0.15, 0.2) is 0 Å². The van der Waals surface area contributed by atoms with E-state index < -0.39 is 11.8 Å². The number of hydrogen-bond donors (Lipinski definition) is 3. The standard InChI is InChI=1S/C13H26O4/c1-2-10-13(16,17)11-8-6-4-3-5-7-9-12(14)15/h16-17H,2-11H2,1H3,(H,14,15). The van der Waals surface area contributed by atoms with Gasteiger partial charge in [0, 0.05) is 19.3 Å². The summed E-state index contributed by atoms with van der Waals surface area (Å²) < 4.78 is 0. The summed E-state index contributed by atoms with van der Waals surface area (Å²) in [6.45, 7) is 1.93. The molecule has 0 aliphatic carbocycles. The molecule has 0 aliphatic heterocycles. The van der Waals surface area contributed by atoms with Crippen molar-refractivity contribution in [1.29, 1.82) is 0 Å². The second-order valence-electron chi connectivity index (χ2n) is 4.75. The molecule has 0 saturated heterocycles. The van der Waals surface area contributed by atoms with Gasteiger partial charge < -0.3 is 15.3 Å². The SMILES string of the molecule is CCCC(O)(O)CCCCCCCCC(=O)O. The van der Waals surface area contributed by atoms with Gasteiger partial charge in [0.15, 0.2) is 5.79 Å². The average Bonchev–Trinajstić information content (AvgIpc) is 2.21. The first-order valence-electron chi connectivity index (χ1n) is 6.64. The van der Waals surface area contributed by atoms with Gasteiger partial charge in [0.25, 0.3) is 0 Å². The number of unbranched alkanes of at least 4 members (excludes halogenated alkanes) is 5. The summed E-state index contributed by atoms with van der Waals surface area (Å²) >= 11 is 0. The summed E-state index contributed by atoms with van der Waals surface area (Å²) in [6, 6.07) is 0. The van der Waals surface area contributed by atoms with E-state index in [0.29, 0.717) is 12.8 Å². The van der Waals surface area contributed by atoms with Crippen LogP contribution in [-0.2, 0) is 4.79 Å². The third kappa shape index (κ3) is 11.6. The third-order valence-electron chi connectivity index (χ3n) is 2.87.